The number of methoxy groups -OCH3 is 1. The minimum Gasteiger partial charge on any atom is -0.495 e. The van der Waals surface area contributed by atoms with E-state index in [1.165, 1.54) is 7.11 Å². The number of nitrogens with zero attached hydrogens (tertiary/aromatic N) is 1. The third-order valence-corrected chi connectivity index (χ3v) is 2.54. The van der Waals surface area contributed by atoms with Crippen LogP contribution in [-0.4, -0.2) is 19.0 Å². The van der Waals surface area contributed by atoms with E-state index in [1.54, 1.807) is 6.07 Å². The number of ether oxygens (including phenoxy) is 1. The van der Waals surface area contributed by atoms with Crippen LogP contribution in [0.2, 0.25) is 0 Å². The van der Waals surface area contributed by atoms with Gasteiger partial charge in [0.2, 0.25) is 0 Å². The molecule has 0 saturated carbocycles. The quantitative estimate of drug-likeness (QED) is 0.613. The molecule has 0 aliphatic heterocycles. The predicted molar refractivity (Wildman–Crippen MR) is 70.6 cm³/mol. The molecule has 0 radical (unpaired) electrons. The molecule has 4 N–H and O–H groups in total. The van der Waals surface area contributed by atoms with Crippen LogP contribution in [0.15, 0.2) is 41.4 Å². The largest absolute Gasteiger partial charge is 0.495 e. The van der Waals surface area contributed by atoms with Crippen LogP contribution < -0.4 is 16.2 Å². The van der Waals surface area contributed by atoms with Crippen molar-refractivity contribution in [3.05, 3.63) is 42.0 Å². The second-order valence-electron chi connectivity index (χ2n) is 3.71. The summed E-state index contributed by atoms with van der Waals surface area (Å²) in [5, 5.41) is 1.83. The van der Waals surface area contributed by atoms with Gasteiger partial charge in [-0.25, -0.2) is 0 Å². The molecule has 0 aromatic heterocycles. The molecule has 0 unspecified atom stereocenters. The standard InChI is InChI=1S/C13H13N3O2/c1-18-11-9-5-3-2-4-8(9)6-7-10(11)12(17)16-13(14)15/h2-7H,1H3,(H4,14,15,16,17). The van der Waals surface area contributed by atoms with E-state index in [1.807, 2.05) is 30.3 Å². The van der Waals surface area contributed by atoms with Crippen molar-refractivity contribution in [3.8, 4) is 5.75 Å². The van der Waals surface area contributed by atoms with Crippen LogP contribution in [0.5, 0.6) is 5.75 Å². The molecule has 0 saturated heterocycles. The van der Waals surface area contributed by atoms with Crippen LogP contribution in [0.3, 0.4) is 0 Å². The molecule has 0 aliphatic rings. The number of aliphatic imine (C=N–C) groups is 1. The van der Waals surface area contributed by atoms with Crippen molar-refractivity contribution in [1.82, 2.24) is 0 Å². The van der Waals surface area contributed by atoms with E-state index in [4.69, 9.17) is 16.2 Å². The highest BCUT2D eigenvalue weighted by molar-refractivity contribution is 6.07. The smallest absolute Gasteiger partial charge is 0.283 e. The minimum absolute atomic E-state index is 0.268. The van der Waals surface area contributed by atoms with Crippen molar-refractivity contribution in [2.75, 3.05) is 7.11 Å². The zero-order valence-corrected chi connectivity index (χ0v) is 9.88. The monoisotopic (exact) mass is 243 g/mol. The van der Waals surface area contributed by atoms with Crippen molar-refractivity contribution in [1.29, 1.82) is 0 Å². The lowest BCUT2D eigenvalue weighted by atomic mass is 10.0. The van der Waals surface area contributed by atoms with Crippen molar-refractivity contribution in [2.45, 2.75) is 0 Å². The number of hydrogen-bond donors (Lipinski definition) is 2. The van der Waals surface area contributed by atoms with Crippen molar-refractivity contribution in [3.63, 3.8) is 0 Å². The predicted octanol–water partition coefficient (Wildman–Crippen LogP) is 1.26. The first-order chi connectivity index (χ1) is 8.63. The molecule has 5 nitrogen and oxygen atoms in total. The highest BCUT2D eigenvalue weighted by Crippen LogP contribution is 2.30. The number of carbonyl (C=O) groups excluding carboxylic acids is 1. The minimum atomic E-state index is -0.516. The molecule has 92 valence electrons. The van der Waals surface area contributed by atoms with Crippen LogP contribution in [-0.2, 0) is 0 Å². The second-order valence-corrected chi connectivity index (χ2v) is 3.71. The summed E-state index contributed by atoms with van der Waals surface area (Å²) in [6, 6.07) is 11.1. The van der Waals surface area contributed by atoms with E-state index < -0.39 is 5.91 Å². The Balaban J connectivity index is 2.65. The van der Waals surface area contributed by atoms with E-state index in [0.29, 0.717) is 11.3 Å². The van der Waals surface area contributed by atoms with Gasteiger partial charge in [-0.2, -0.15) is 4.99 Å². The van der Waals surface area contributed by atoms with Crippen LogP contribution in [0.25, 0.3) is 10.8 Å². The molecule has 2 aromatic carbocycles. The van der Waals surface area contributed by atoms with Gasteiger partial charge in [-0.05, 0) is 11.5 Å². The van der Waals surface area contributed by atoms with Crippen LogP contribution in [0.4, 0.5) is 0 Å². The molecule has 0 spiro atoms. The van der Waals surface area contributed by atoms with E-state index in [-0.39, 0.29) is 5.96 Å². The van der Waals surface area contributed by atoms with Gasteiger partial charge in [-0.15, -0.1) is 0 Å². The van der Waals surface area contributed by atoms with Gasteiger partial charge in [0.05, 0.1) is 12.7 Å². The molecule has 0 bridgehead atoms. The highest BCUT2D eigenvalue weighted by atomic mass is 16.5. The number of benzene rings is 2. The Bertz CT molecular complexity index is 631. The summed E-state index contributed by atoms with van der Waals surface area (Å²) in [4.78, 5) is 15.4. The molecule has 5 heteroatoms. The number of amides is 1. The fraction of sp³-hybridized carbons (Fsp3) is 0.0769. The normalized spacial score (nSPS) is 10.1. The summed E-state index contributed by atoms with van der Waals surface area (Å²) in [7, 11) is 1.51. The SMILES string of the molecule is COc1c(C(=O)N=C(N)N)ccc2ccccc12. The van der Waals surface area contributed by atoms with Crippen LogP contribution >= 0.6 is 0 Å². The van der Waals surface area contributed by atoms with Crippen molar-refractivity contribution >= 4 is 22.6 Å². The lowest BCUT2D eigenvalue weighted by Crippen LogP contribution is -2.24. The number of fused-ring (bicyclic) bond motifs is 1. The van der Waals surface area contributed by atoms with Crippen molar-refractivity contribution < 1.29 is 9.53 Å². The van der Waals surface area contributed by atoms with Crippen LogP contribution in [0.1, 0.15) is 10.4 Å². The molecular weight excluding hydrogens is 230 g/mol. The molecule has 0 aliphatic carbocycles. The first-order valence-corrected chi connectivity index (χ1v) is 5.33. The Hall–Kier alpha value is -2.56. The third kappa shape index (κ3) is 2.10. The molecule has 2 aromatic rings. The Morgan fingerprint density at radius 1 is 1.17 bits per heavy atom. The Labute approximate surface area is 104 Å². The number of hydrogen-bond acceptors (Lipinski definition) is 2. The highest BCUT2D eigenvalue weighted by Gasteiger charge is 2.14. The maximum Gasteiger partial charge on any atom is 0.283 e. The molecule has 0 heterocycles. The number of guanidine groups is 1. The molecule has 18 heavy (non-hydrogen) atoms. The summed E-state index contributed by atoms with van der Waals surface area (Å²) >= 11 is 0. The summed E-state index contributed by atoms with van der Waals surface area (Å²) in [6.45, 7) is 0. The second kappa shape index (κ2) is 4.75. The number of carbonyl (C=O) groups is 1. The molecular formula is C13H13N3O2. The average molecular weight is 243 g/mol. The fourth-order valence-electron chi connectivity index (χ4n) is 1.81. The van der Waals surface area contributed by atoms with E-state index >= 15 is 0 Å². The van der Waals surface area contributed by atoms with E-state index in [2.05, 4.69) is 4.99 Å². The summed E-state index contributed by atoms with van der Waals surface area (Å²) in [5.74, 6) is -0.309. The number of rotatable bonds is 2. The molecule has 0 fully saturated rings. The third-order valence-electron chi connectivity index (χ3n) is 2.54. The average Bonchev–Trinajstić information content (AvgIpc) is 2.36. The number of nitrogens with two attached hydrogens (primary N) is 2. The Morgan fingerprint density at radius 2 is 1.89 bits per heavy atom. The van der Waals surface area contributed by atoms with Gasteiger partial charge >= 0.3 is 0 Å². The van der Waals surface area contributed by atoms with Gasteiger partial charge in [-0.1, -0.05) is 30.3 Å². The van der Waals surface area contributed by atoms with Gasteiger partial charge in [0.1, 0.15) is 5.75 Å². The lowest BCUT2D eigenvalue weighted by Gasteiger charge is -2.09. The molecule has 2 rings (SSSR count). The zero-order chi connectivity index (χ0) is 13.1. The molecule has 1 amide bonds. The summed E-state index contributed by atoms with van der Waals surface area (Å²) in [6.07, 6.45) is 0. The van der Waals surface area contributed by atoms with Gasteiger partial charge in [-0.3, -0.25) is 4.79 Å². The van der Waals surface area contributed by atoms with Gasteiger partial charge in [0.25, 0.3) is 5.91 Å². The first kappa shape index (κ1) is 11.9. The van der Waals surface area contributed by atoms with Gasteiger partial charge in [0, 0.05) is 5.39 Å². The fourth-order valence-corrected chi connectivity index (χ4v) is 1.81. The summed E-state index contributed by atoms with van der Waals surface area (Å²) < 4.78 is 5.29. The maximum atomic E-state index is 11.9. The zero-order valence-electron chi connectivity index (χ0n) is 9.88. The molecule has 0 atom stereocenters. The Kier molecular flexibility index (Phi) is 3.14. The van der Waals surface area contributed by atoms with Gasteiger partial charge < -0.3 is 16.2 Å². The lowest BCUT2D eigenvalue weighted by molar-refractivity contribution is 0.1000. The topological polar surface area (TPSA) is 90.7 Å². The van der Waals surface area contributed by atoms with Crippen molar-refractivity contribution in [2.24, 2.45) is 16.5 Å². The van der Waals surface area contributed by atoms with E-state index in [9.17, 15) is 4.79 Å². The Morgan fingerprint density at radius 3 is 2.56 bits per heavy atom. The summed E-state index contributed by atoms with van der Waals surface area (Å²) in [5.41, 5.74) is 10.7. The maximum absolute atomic E-state index is 11.9. The van der Waals surface area contributed by atoms with E-state index in [0.717, 1.165) is 10.8 Å². The van der Waals surface area contributed by atoms with Crippen LogP contribution in [0, 0.1) is 0 Å². The van der Waals surface area contributed by atoms with Gasteiger partial charge in [0.15, 0.2) is 5.96 Å². The first-order valence-electron chi connectivity index (χ1n) is 5.33.